The van der Waals surface area contributed by atoms with E-state index in [1.807, 2.05) is 0 Å². The molecule has 0 aromatic heterocycles. The molecule has 0 aromatic rings. The van der Waals surface area contributed by atoms with E-state index in [2.05, 4.69) is 67.5 Å². The zero-order chi connectivity index (χ0) is 15.2. The van der Waals surface area contributed by atoms with Crippen molar-refractivity contribution in [3.05, 3.63) is 0 Å². The molecule has 0 N–H and O–H groups in total. The fraction of sp³-hybridized carbons (Fsp3) is 1.00. The van der Waals surface area contributed by atoms with Crippen molar-refractivity contribution in [1.29, 1.82) is 0 Å². The van der Waals surface area contributed by atoms with Gasteiger partial charge in [0.25, 0.3) is 0 Å². The highest BCUT2D eigenvalue weighted by atomic mass is 32.1. The zero-order valence-electron chi connectivity index (χ0n) is 9.86. The van der Waals surface area contributed by atoms with Crippen molar-refractivity contribution in [2.24, 2.45) is 5.41 Å². The van der Waals surface area contributed by atoms with Crippen LogP contribution in [0.5, 0.6) is 0 Å². The predicted octanol–water partition coefficient (Wildman–Crippen LogP) is 3.71. The molecule has 0 aliphatic carbocycles. The third-order valence-corrected chi connectivity index (χ3v) is 5.72. The molecule has 0 aromatic carbocycles. The molecule has 14 heteroatoms. The molecule has 0 saturated heterocycles. The number of hydrogen-bond acceptors (Lipinski definition) is 12. The highest BCUT2D eigenvalue weighted by Crippen LogP contribution is 2.54. The van der Waals surface area contributed by atoms with Gasteiger partial charge in [0.05, 0.1) is 13.2 Å². The van der Waals surface area contributed by atoms with Crippen LogP contribution in [0.2, 0.25) is 0 Å². The molecular weight excluding hydrogens is 378 g/mol. The Bertz CT molecular complexity index is 317. The largest absolute Gasteiger partial charge is 0.496 e. The fourth-order valence-corrected chi connectivity index (χ4v) is 3.22. The monoisotopic (exact) mass is 392 g/mol. The number of thiol groups is 4. The number of hydrogen-bond donors (Lipinski definition) is 4. The molecule has 19 heavy (non-hydrogen) atoms. The van der Waals surface area contributed by atoms with Crippen molar-refractivity contribution in [2.45, 2.75) is 13.8 Å². The van der Waals surface area contributed by atoms with Gasteiger partial charge in [0.2, 0.25) is 0 Å². The third-order valence-electron chi connectivity index (χ3n) is 1.63. The van der Waals surface area contributed by atoms with Gasteiger partial charge in [-0.3, -0.25) is 9.05 Å². The summed E-state index contributed by atoms with van der Waals surface area (Å²) in [5.74, 6) is 0. The van der Waals surface area contributed by atoms with Crippen LogP contribution >= 0.6 is 67.3 Å². The molecule has 0 rings (SSSR count). The highest BCUT2D eigenvalue weighted by molar-refractivity contribution is 7.85. The standard InChI is InChI=1S/C5H14O8P2S4/c1-5(2,3-8-14(6,10-16)11-17)4-9-15(7,12-18)13-19/h16-19H,3-4H2,1-2H3. The lowest BCUT2D eigenvalue weighted by Gasteiger charge is -2.26. The van der Waals surface area contributed by atoms with E-state index in [4.69, 9.17) is 9.05 Å². The first kappa shape index (κ1) is 20.6. The van der Waals surface area contributed by atoms with Crippen LogP contribution in [0, 0.1) is 5.41 Å². The van der Waals surface area contributed by atoms with Crippen LogP contribution in [0.3, 0.4) is 0 Å². The Morgan fingerprint density at radius 1 is 0.789 bits per heavy atom. The summed E-state index contributed by atoms with van der Waals surface area (Å²) in [6, 6.07) is 0. The first-order valence-corrected chi connectivity index (χ1v) is 8.86. The average molecular weight is 392 g/mol. The minimum absolute atomic E-state index is 0.134. The SMILES string of the molecule is CC(C)(COP(=O)(OS)OS)COP(=O)(OS)OS. The molecule has 0 heterocycles. The second-order valence-electron chi connectivity index (χ2n) is 3.93. The summed E-state index contributed by atoms with van der Waals surface area (Å²) >= 11 is 13.4. The molecule has 0 atom stereocenters. The second kappa shape index (κ2) is 8.92. The van der Waals surface area contributed by atoms with Gasteiger partial charge in [-0.25, -0.2) is 25.0 Å². The molecular formula is C5H14O8P2S4. The smallest absolute Gasteiger partial charge is 0.285 e. The normalized spacial score (nSPS) is 13.8. The highest BCUT2D eigenvalue weighted by Gasteiger charge is 2.33. The Kier molecular flexibility index (Phi) is 9.68. The first-order chi connectivity index (χ1) is 8.66. The van der Waals surface area contributed by atoms with Crippen LogP contribution in [-0.4, -0.2) is 13.2 Å². The lowest BCUT2D eigenvalue weighted by atomic mass is 9.97. The van der Waals surface area contributed by atoms with Crippen LogP contribution in [0.15, 0.2) is 0 Å². The van der Waals surface area contributed by atoms with Gasteiger partial charge in [-0.2, -0.15) is 0 Å². The van der Waals surface area contributed by atoms with E-state index in [0.717, 1.165) is 0 Å². The summed E-state index contributed by atoms with van der Waals surface area (Å²) in [4.78, 5) is 0. The van der Waals surface area contributed by atoms with E-state index in [0.29, 0.717) is 0 Å². The zero-order valence-corrected chi connectivity index (χ0v) is 15.2. The van der Waals surface area contributed by atoms with Crippen molar-refractivity contribution in [2.75, 3.05) is 13.2 Å². The lowest BCUT2D eigenvalue weighted by molar-refractivity contribution is 0.0828. The van der Waals surface area contributed by atoms with Crippen molar-refractivity contribution in [3.8, 4) is 0 Å². The maximum Gasteiger partial charge on any atom is 0.496 e. The van der Waals surface area contributed by atoms with Gasteiger partial charge >= 0.3 is 15.6 Å². The maximum absolute atomic E-state index is 11.5. The molecule has 8 nitrogen and oxygen atoms in total. The molecule has 0 aliphatic heterocycles. The second-order valence-corrected chi connectivity index (χ2v) is 8.85. The van der Waals surface area contributed by atoms with Crippen molar-refractivity contribution in [1.82, 2.24) is 0 Å². The van der Waals surface area contributed by atoms with E-state index in [1.54, 1.807) is 13.8 Å². The van der Waals surface area contributed by atoms with Gasteiger partial charge in [0.15, 0.2) is 0 Å². The number of phosphoric acid groups is 2. The van der Waals surface area contributed by atoms with E-state index >= 15 is 0 Å². The molecule has 116 valence electrons. The van der Waals surface area contributed by atoms with Gasteiger partial charge in [0, 0.05) is 5.41 Å². The average Bonchev–Trinajstić information content (AvgIpc) is 2.42. The molecule has 0 unspecified atom stereocenters. The van der Waals surface area contributed by atoms with Crippen LogP contribution < -0.4 is 0 Å². The maximum atomic E-state index is 11.5. The molecule has 0 aliphatic rings. The van der Waals surface area contributed by atoms with Gasteiger partial charge in [-0.1, -0.05) is 13.8 Å². The van der Waals surface area contributed by atoms with E-state index in [9.17, 15) is 9.13 Å². The van der Waals surface area contributed by atoms with Gasteiger partial charge in [-0.05, 0) is 51.6 Å². The molecule has 0 saturated carbocycles. The van der Waals surface area contributed by atoms with E-state index in [1.165, 1.54) is 0 Å². The summed E-state index contributed by atoms with van der Waals surface area (Å²) in [5.41, 5.74) is -0.734. The van der Waals surface area contributed by atoms with Gasteiger partial charge in [-0.15, -0.1) is 0 Å². The summed E-state index contributed by atoms with van der Waals surface area (Å²) in [5, 5.41) is 0. The van der Waals surface area contributed by atoms with Crippen LogP contribution in [0.4, 0.5) is 0 Å². The summed E-state index contributed by atoms with van der Waals surface area (Å²) in [6.07, 6.45) is 0. The summed E-state index contributed by atoms with van der Waals surface area (Å²) < 4.78 is 49.8. The minimum atomic E-state index is -3.84. The molecule has 0 amide bonds. The summed E-state index contributed by atoms with van der Waals surface area (Å²) in [6.45, 7) is 3.06. The molecule has 0 fully saturated rings. The quantitative estimate of drug-likeness (QED) is 0.254. The molecule has 0 radical (unpaired) electrons. The van der Waals surface area contributed by atoms with Gasteiger partial charge < -0.3 is 0 Å². The van der Waals surface area contributed by atoms with E-state index < -0.39 is 21.1 Å². The van der Waals surface area contributed by atoms with Crippen molar-refractivity contribution in [3.63, 3.8) is 0 Å². The Morgan fingerprint density at radius 3 is 1.26 bits per heavy atom. The number of rotatable bonds is 10. The Morgan fingerprint density at radius 2 is 1.05 bits per heavy atom. The van der Waals surface area contributed by atoms with Crippen LogP contribution in [0.1, 0.15) is 13.8 Å². The predicted molar refractivity (Wildman–Crippen MR) is 81.2 cm³/mol. The lowest BCUT2D eigenvalue weighted by Crippen LogP contribution is -2.24. The Balaban J connectivity index is 4.41. The molecule has 0 bridgehead atoms. The van der Waals surface area contributed by atoms with Crippen LogP contribution in [0.25, 0.3) is 0 Å². The topological polar surface area (TPSA) is 89.5 Å². The van der Waals surface area contributed by atoms with E-state index in [-0.39, 0.29) is 13.2 Å². The van der Waals surface area contributed by atoms with Gasteiger partial charge in [0.1, 0.15) is 0 Å². The van der Waals surface area contributed by atoms with Crippen LogP contribution in [-0.2, 0) is 34.1 Å². The molecule has 0 spiro atoms. The first-order valence-electron chi connectivity index (χ1n) is 4.48. The van der Waals surface area contributed by atoms with Crippen molar-refractivity contribution < 1.29 is 34.1 Å². The van der Waals surface area contributed by atoms with Crippen molar-refractivity contribution >= 4 is 67.3 Å². The fourth-order valence-electron chi connectivity index (χ4n) is 0.673. The Labute approximate surface area is 133 Å². The third kappa shape index (κ3) is 7.98. The Hall–Kier alpha value is 1.62. The summed E-state index contributed by atoms with van der Waals surface area (Å²) in [7, 11) is -7.69. The minimum Gasteiger partial charge on any atom is -0.285 e.